The van der Waals surface area contributed by atoms with Crippen LogP contribution in [0, 0.1) is 0 Å². The third-order valence-electron chi connectivity index (χ3n) is 3.97. The van der Waals surface area contributed by atoms with Gasteiger partial charge in [0.05, 0.1) is 6.21 Å². The van der Waals surface area contributed by atoms with Gasteiger partial charge in [-0.25, -0.2) is 5.43 Å². The minimum atomic E-state index is -0.312. The van der Waals surface area contributed by atoms with E-state index in [1.807, 2.05) is 48.5 Å². The predicted octanol–water partition coefficient (Wildman–Crippen LogP) is 3.39. The Kier molecular flexibility index (Phi) is 4.22. The number of rotatable bonds is 4. The standard InChI is InChI=1S/C20H15N5O/c26-20(25-23-13-14-4-3-9-22-12-14)19-18(15-7-10-21-11-8-15)16-5-1-2-6-17(16)24-19/h1-13,24H,(H,25,26)/b23-13-. The Morgan fingerprint density at radius 1 is 1.00 bits per heavy atom. The van der Waals surface area contributed by atoms with Crippen LogP contribution in [0.3, 0.4) is 0 Å². The van der Waals surface area contributed by atoms with E-state index in [4.69, 9.17) is 0 Å². The van der Waals surface area contributed by atoms with E-state index in [1.165, 1.54) is 0 Å². The summed E-state index contributed by atoms with van der Waals surface area (Å²) in [6.45, 7) is 0. The molecule has 3 aromatic heterocycles. The molecule has 0 saturated heterocycles. The summed E-state index contributed by atoms with van der Waals surface area (Å²) in [6, 6.07) is 15.2. The van der Waals surface area contributed by atoms with E-state index in [-0.39, 0.29) is 5.91 Å². The lowest BCUT2D eigenvalue weighted by Gasteiger charge is -2.04. The van der Waals surface area contributed by atoms with Crippen molar-refractivity contribution < 1.29 is 4.79 Å². The Hall–Kier alpha value is -3.80. The largest absolute Gasteiger partial charge is 0.350 e. The summed E-state index contributed by atoms with van der Waals surface area (Å²) in [5.74, 6) is -0.312. The molecule has 0 bridgehead atoms. The van der Waals surface area contributed by atoms with Crippen molar-refractivity contribution in [3.8, 4) is 11.1 Å². The lowest BCUT2D eigenvalue weighted by molar-refractivity contribution is 0.0951. The van der Waals surface area contributed by atoms with Crippen LogP contribution in [0.2, 0.25) is 0 Å². The van der Waals surface area contributed by atoms with Gasteiger partial charge in [-0.1, -0.05) is 24.3 Å². The number of nitrogens with one attached hydrogen (secondary N) is 2. The number of aromatic amines is 1. The first-order chi connectivity index (χ1) is 12.8. The van der Waals surface area contributed by atoms with Gasteiger partial charge in [-0.05, 0) is 29.8 Å². The molecule has 0 aliphatic heterocycles. The molecule has 4 rings (SSSR count). The van der Waals surface area contributed by atoms with Crippen molar-refractivity contribution in [2.24, 2.45) is 5.10 Å². The van der Waals surface area contributed by atoms with Crippen LogP contribution < -0.4 is 5.43 Å². The fourth-order valence-electron chi connectivity index (χ4n) is 2.80. The van der Waals surface area contributed by atoms with Gasteiger partial charge < -0.3 is 4.98 Å². The number of fused-ring (bicyclic) bond motifs is 1. The Morgan fingerprint density at radius 2 is 1.85 bits per heavy atom. The van der Waals surface area contributed by atoms with E-state index in [0.717, 1.165) is 27.6 Å². The van der Waals surface area contributed by atoms with E-state index < -0.39 is 0 Å². The van der Waals surface area contributed by atoms with Crippen LogP contribution in [0.15, 0.2) is 78.4 Å². The molecule has 26 heavy (non-hydrogen) atoms. The molecular formula is C20H15N5O. The number of hydrogen-bond donors (Lipinski definition) is 2. The average Bonchev–Trinajstić information content (AvgIpc) is 3.09. The minimum absolute atomic E-state index is 0.312. The highest BCUT2D eigenvalue weighted by Gasteiger charge is 2.18. The van der Waals surface area contributed by atoms with E-state index >= 15 is 0 Å². The SMILES string of the molecule is O=C(N/N=C\c1cccnc1)c1[nH]c2ccccc2c1-c1ccncc1. The molecule has 0 aliphatic rings. The molecule has 2 N–H and O–H groups in total. The van der Waals surface area contributed by atoms with Gasteiger partial charge in [0.25, 0.3) is 5.91 Å². The van der Waals surface area contributed by atoms with Crippen LogP contribution in [0.25, 0.3) is 22.0 Å². The Morgan fingerprint density at radius 3 is 2.65 bits per heavy atom. The molecule has 4 aromatic rings. The molecule has 126 valence electrons. The summed E-state index contributed by atoms with van der Waals surface area (Å²) in [6.07, 6.45) is 8.32. The summed E-state index contributed by atoms with van der Waals surface area (Å²) >= 11 is 0. The highest BCUT2D eigenvalue weighted by molar-refractivity contribution is 6.09. The Bertz CT molecular complexity index is 1070. The smallest absolute Gasteiger partial charge is 0.288 e. The van der Waals surface area contributed by atoms with Crippen molar-refractivity contribution in [3.05, 3.63) is 84.6 Å². The highest BCUT2D eigenvalue weighted by atomic mass is 16.2. The van der Waals surface area contributed by atoms with Crippen LogP contribution >= 0.6 is 0 Å². The van der Waals surface area contributed by atoms with Crippen molar-refractivity contribution >= 4 is 23.0 Å². The molecule has 0 fully saturated rings. The second-order valence-corrected chi connectivity index (χ2v) is 5.64. The molecule has 1 amide bonds. The molecular weight excluding hydrogens is 326 g/mol. The van der Waals surface area contributed by atoms with Crippen LogP contribution in [-0.2, 0) is 0 Å². The Balaban J connectivity index is 1.69. The summed E-state index contributed by atoms with van der Waals surface area (Å²) in [5.41, 5.74) is 6.47. The maximum absolute atomic E-state index is 12.7. The number of H-pyrrole nitrogens is 1. The number of amides is 1. The molecule has 0 saturated carbocycles. The zero-order valence-corrected chi connectivity index (χ0v) is 13.8. The predicted molar refractivity (Wildman–Crippen MR) is 101 cm³/mol. The van der Waals surface area contributed by atoms with E-state index in [0.29, 0.717) is 5.69 Å². The number of carbonyl (C=O) groups excluding carboxylic acids is 1. The van der Waals surface area contributed by atoms with Crippen molar-refractivity contribution in [3.63, 3.8) is 0 Å². The van der Waals surface area contributed by atoms with E-state index in [1.54, 1.807) is 31.0 Å². The van der Waals surface area contributed by atoms with Crippen molar-refractivity contribution in [2.45, 2.75) is 0 Å². The first kappa shape index (κ1) is 15.7. The average molecular weight is 341 g/mol. The van der Waals surface area contributed by atoms with Gasteiger partial charge in [0.2, 0.25) is 0 Å². The molecule has 6 nitrogen and oxygen atoms in total. The maximum Gasteiger partial charge on any atom is 0.288 e. The van der Waals surface area contributed by atoms with Crippen molar-refractivity contribution in [2.75, 3.05) is 0 Å². The fourth-order valence-corrected chi connectivity index (χ4v) is 2.80. The molecule has 0 atom stereocenters. The third kappa shape index (κ3) is 3.08. The van der Waals surface area contributed by atoms with Gasteiger partial charge in [0, 0.05) is 46.8 Å². The summed E-state index contributed by atoms with van der Waals surface area (Å²) in [5, 5.41) is 5.00. The van der Waals surface area contributed by atoms with Crippen LogP contribution in [-0.4, -0.2) is 27.1 Å². The number of hydrazone groups is 1. The van der Waals surface area contributed by atoms with Gasteiger partial charge in [0.1, 0.15) is 5.69 Å². The number of pyridine rings is 2. The van der Waals surface area contributed by atoms with E-state index in [9.17, 15) is 4.79 Å². The van der Waals surface area contributed by atoms with Crippen molar-refractivity contribution in [1.82, 2.24) is 20.4 Å². The molecule has 0 unspecified atom stereocenters. The highest BCUT2D eigenvalue weighted by Crippen LogP contribution is 2.32. The molecule has 0 aliphatic carbocycles. The van der Waals surface area contributed by atoms with Gasteiger partial charge in [0.15, 0.2) is 0 Å². The van der Waals surface area contributed by atoms with Gasteiger partial charge in [-0.3, -0.25) is 14.8 Å². The van der Waals surface area contributed by atoms with Crippen molar-refractivity contribution in [1.29, 1.82) is 0 Å². The normalized spacial score (nSPS) is 11.1. The molecule has 6 heteroatoms. The number of carbonyl (C=O) groups is 1. The number of benzene rings is 1. The monoisotopic (exact) mass is 341 g/mol. The van der Waals surface area contributed by atoms with Gasteiger partial charge in [-0.2, -0.15) is 5.10 Å². The van der Waals surface area contributed by atoms with E-state index in [2.05, 4.69) is 25.5 Å². The van der Waals surface area contributed by atoms with Gasteiger partial charge >= 0.3 is 0 Å². The first-order valence-corrected chi connectivity index (χ1v) is 8.07. The molecule has 1 aromatic carbocycles. The number of para-hydroxylation sites is 1. The number of nitrogens with zero attached hydrogens (tertiary/aromatic N) is 3. The first-order valence-electron chi connectivity index (χ1n) is 8.07. The lowest BCUT2D eigenvalue weighted by Crippen LogP contribution is -2.18. The van der Waals surface area contributed by atoms with Gasteiger partial charge in [-0.15, -0.1) is 0 Å². The zero-order chi connectivity index (χ0) is 17.8. The summed E-state index contributed by atoms with van der Waals surface area (Å²) in [7, 11) is 0. The summed E-state index contributed by atoms with van der Waals surface area (Å²) in [4.78, 5) is 24.0. The summed E-state index contributed by atoms with van der Waals surface area (Å²) < 4.78 is 0. The number of aromatic nitrogens is 3. The zero-order valence-electron chi connectivity index (χ0n) is 13.8. The lowest BCUT2D eigenvalue weighted by atomic mass is 10.0. The molecule has 0 spiro atoms. The maximum atomic E-state index is 12.7. The quantitative estimate of drug-likeness (QED) is 0.441. The van der Waals surface area contributed by atoms with Crippen LogP contribution in [0.1, 0.15) is 16.1 Å². The third-order valence-corrected chi connectivity index (χ3v) is 3.97. The van der Waals surface area contributed by atoms with Crippen LogP contribution in [0.4, 0.5) is 0 Å². The molecule has 3 heterocycles. The second-order valence-electron chi connectivity index (χ2n) is 5.64. The Labute approximate surface area is 149 Å². The van der Waals surface area contributed by atoms with Crippen LogP contribution in [0.5, 0.6) is 0 Å². The minimum Gasteiger partial charge on any atom is -0.350 e. The molecule has 0 radical (unpaired) electrons. The number of hydrogen-bond acceptors (Lipinski definition) is 4. The second kappa shape index (κ2) is 6.98. The topological polar surface area (TPSA) is 83.0 Å². The fraction of sp³-hybridized carbons (Fsp3) is 0.